The van der Waals surface area contributed by atoms with Crippen LogP contribution in [0.1, 0.15) is 37.1 Å². The van der Waals surface area contributed by atoms with E-state index in [1.807, 2.05) is 24.3 Å². The SMILES string of the molecule is COc1ccc(C(C)N(C(C)c2ccc(OC)cc2)p2oc3ccc4ccccc4c3c3c(ccc4ccccc43)o2)cc1. The van der Waals surface area contributed by atoms with E-state index >= 15 is 0 Å². The fourth-order valence-electron chi connectivity index (χ4n) is 6.14. The van der Waals surface area contributed by atoms with Gasteiger partial charge in [0.2, 0.25) is 0 Å². The topological polar surface area (TPSA) is 48.0 Å². The van der Waals surface area contributed by atoms with E-state index in [1.54, 1.807) is 14.2 Å². The minimum absolute atomic E-state index is 0.0463. The smallest absolute Gasteiger partial charge is 0.310 e. The summed E-state index contributed by atoms with van der Waals surface area (Å²) in [4.78, 5) is 0. The number of nitrogens with zero attached hydrogens (tertiary/aromatic N) is 1. The molecule has 0 spiro atoms. The van der Waals surface area contributed by atoms with Crippen LogP contribution in [0.4, 0.5) is 0 Å². The summed E-state index contributed by atoms with van der Waals surface area (Å²) in [5.74, 6) is 1.65. The monoisotopic (exact) mass is 599 g/mol. The average Bonchev–Trinajstić information content (AvgIpc) is 3.25. The van der Waals surface area contributed by atoms with Crippen molar-refractivity contribution in [3.8, 4) is 11.5 Å². The van der Waals surface area contributed by atoms with Crippen molar-refractivity contribution in [1.29, 1.82) is 0 Å². The molecular formula is C38H34NO4P. The third-order valence-electron chi connectivity index (χ3n) is 8.56. The van der Waals surface area contributed by atoms with Gasteiger partial charge in [-0.1, -0.05) is 84.9 Å². The Morgan fingerprint density at radius 1 is 0.523 bits per heavy atom. The van der Waals surface area contributed by atoms with Gasteiger partial charge in [-0.2, -0.15) is 4.67 Å². The molecule has 1 aromatic heterocycles. The number of hydrogen-bond donors (Lipinski definition) is 0. The van der Waals surface area contributed by atoms with Gasteiger partial charge >= 0.3 is 8.16 Å². The zero-order valence-corrected chi connectivity index (χ0v) is 26.1. The summed E-state index contributed by atoms with van der Waals surface area (Å²) in [6.45, 7) is 4.43. The molecular weight excluding hydrogens is 565 g/mol. The zero-order chi connectivity index (χ0) is 30.2. The molecule has 220 valence electrons. The van der Waals surface area contributed by atoms with E-state index in [-0.39, 0.29) is 12.1 Å². The summed E-state index contributed by atoms with van der Waals surface area (Å²) in [6.07, 6.45) is 0. The Morgan fingerprint density at radius 2 is 0.932 bits per heavy atom. The lowest BCUT2D eigenvalue weighted by atomic mass is 9.99. The van der Waals surface area contributed by atoms with Gasteiger partial charge in [0.05, 0.1) is 14.2 Å². The van der Waals surface area contributed by atoms with Gasteiger partial charge in [0, 0.05) is 22.9 Å². The highest BCUT2D eigenvalue weighted by molar-refractivity contribution is 7.39. The van der Waals surface area contributed by atoms with E-state index in [4.69, 9.17) is 17.9 Å². The van der Waals surface area contributed by atoms with E-state index < -0.39 is 8.16 Å². The third kappa shape index (κ3) is 4.98. The zero-order valence-electron chi connectivity index (χ0n) is 25.2. The van der Waals surface area contributed by atoms with Gasteiger partial charge in [-0.25, -0.2) is 0 Å². The highest BCUT2D eigenvalue weighted by Crippen LogP contribution is 2.48. The molecule has 0 bridgehead atoms. The molecule has 7 rings (SSSR count). The molecule has 2 atom stereocenters. The van der Waals surface area contributed by atoms with Crippen LogP contribution in [0.25, 0.3) is 43.5 Å². The highest BCUT2D eigenvalue weighted by atomic mass is 31.1. The maximum Gasteiger partial charge on any atom is 0.310 e. The van der Waals surface area contributed by atoms with Gasteiger partial charge in [0.15, 0.2) is 0 Å². The van der Waals surface area contributed by atoms with Gasteiger partial charge < -0.3 is 17.9 Å². The van der Waals surface area contributed by atoms with Crippen molar-refractivity contribution in [2.45, 2.75) is 25.9 Å². The number of hydrogen-bond acceptors (Lipinski definition) is 5. The van der Waals surface area contributed by atoms with Gasteiger partial charge in [-0.15, -0.1) is 0 Å². The summed E-state index contributed by atoms with van der Waals surface area (Å²) in [6, 6.07) is 41.9. The molecule has 5 nitrogen and oxygen atoms in total. The Kier molecular flexibility index (Phi) is 7.51. The van der Waals surface area contributed by atoms with Crippen LogP contribution in [-0.4, -0.2) is 14.2 Å². The predicted molar refractivity (Wildman–Crippen MR) is 182 cm³/mol. The highest BCUT2D eigenvalue weighted by Gasteiger charge is 2.29. The minimum atomic E-state index is -1.62. The number of ether oxygens (including phenoxy) is 2. The van der Waals surface area contributed by atoms with Crippen LogP contribution in [0.15, 0.2) is 130 Å². The van der Waals surface area contributed by atoms with Gasteiger partial charge in [-0.3, -0.25) is 0 Å². The molecule has 0 fully saturated rings. The predicted octanol–water partition coefficient (Wildman–Crippen LogP) is 11.1. The fraction of sp³-hybridized carbons (Fsp3) is 0.158. The first-order chi connectivity index (χ1) is 21.6. The van der Waals surface area contributed by atoms with E-state index in [9.17, 15) is 0 Å². The Balaban J connectivity index is 1.54. The van der Waals surface area contributed by atoms with Gasteiger partial charge in [0.1, 0.15) is 22.7 Å². The molecule has 6 aromatic carbocycles. The second-order valence-electron chi connectivity index (χ2n) is 11.0. The van der Waals surface area contributed by atoms with Crippen molar-refractivity contribution in [2.24, 2.45) is 0 Å². The van der Waals surface area contributed by atoms with Crippen molar-refractivity contribution in [3.63, 3.8) is 0 Å². The van der Waals surface area contributed by atoms with E-state index in [2.05, 4.69) is 116 Å². The molecule has 7 aromatic rings. The maximum atomic E-state index is 7.05. The molecule has 0 amide bonds. The molecule has 0 saturated carbocycles. The van der Waals surface area contributed by atoms with Gasteiger partial charge in [0.25, 0.3) is 0 Å². The average molecular weight is 600 g/mol. The molecule has 44 heavy (non-hydrogen) atoms. The van der Waals surface area contributed by atoms with Crippen LogP contribution in [0.3, 0.4) is 0 Å². The second-order valence-corrected chi connectivity index (χ2v) is 12.3. The molecule has 2 unspecified atom stereocenters. The van der Waals surface area contributed by atoms with Crippen LogP contribution < -0.4 is 14.1 Å². The Hall–Kier alpha value is -4.70. The van der Waals surface area contributed by atoms with Crippen molar-refractivity contribution in [1.82, 2.24) is 0 Å². The first-order valence-electron chi connectivity index (χ1n) is 14.8. The second kappa shape index (κ2) is 11.8. The molecule has 6 heteroatoms. The molecule has 1 heterocycles. The van der Waals surface area contributed by atoms with Crippen LogP contribution >= 0.6 is 8.16 Å². The first-order valence-corrected chi connectivity index (χ1v) is 15.9. The molecule has 0 aliphatic heterocycles. The minimum Gasteiger partial charge on any atom is -0.497 e. The van der Waals surface area contributed by atoms with Crippen LogP contribution in [0.2, 0.25) is 0 Å². The van der Waals surface area contributed by atoms with Crippen LogP contribution in [0.5, 0.6) is 11.5 Å². The summed E-state index contributed by atoms with van der Waals surface area (Å²) in [5.41, 5.74) is 3.92. The summed E-state index contributed by atoms with van der Waals surface area (Å²) < 4.78 is 27.4. The van der Waals surface area contributed by atoms with Crippen molar-refractivity contribution < 1.29 is 17.9 Å². The largest absolute Gasteiger partial charge is 0.497 e. The lowest BCUT2D eigenvalue weighted by Gasteiger charge is -2.32. The molecule has 0 aliphatic carbocycles. The van der Waals surface area contributed by atoms with E-state index in [0.29, 0.717) is 0 Å². The first kappa shape index (κ1) is 28.1. The van der Waals surface area contributed by atoms with Crippen LogP contribution in [0, 0.1) is 0 Å². The molecule has 0 radical (unpaired) electrons. The van der Waals surface area contributed by atoms with Gasteiger partial charge in [-0.05, 0) is 82.9 Å². The summed E-state index contributed by atoms with van der Waals surface area (Å²) >= 11 is 0. The van der Waals surface area contributed by atoms with E-state index in [1.165, 1.54) is 0 Å². The fourth-order valence-corrected chi connectivity index (χ4v) is 7.84. The standard InChI is InChI=1S/C38H34NO4P/c1-25(27-13-19-31(40-3)20-14-27)39(26(2)28-15-21-32(41-4)22-16-28)44-42-35-23-17-29-9-5-7-11-33(29)37(35)38-34-12-8-6-10-30(34)18-24-36(38)43-44/h5-26H,1-4H3. The Labute approximate surface area is 257 Å². The number of rotatable bonds is 7. The lowest BCUT2D eigenvalue weighted by molar-refractivity contribution is 0.414. The Bertz CT molecular complexity index is 1990. The third-order valence-corrected chi connectivity index (χ3v) is 10.3. The van der Waals surface area contributed by atoms with Crippen molar-refractivity contribution in [2.75, 3.05) is 18.9 Å². The van der Waals surface area contributed by atoms with E-state index in [0.717, 1.165) is 66.1 Å². The van der Waals surface area contributed by atoms with Crippen molar-refractivity contribution >= 4 is 51.6 Å². The normalized spacial score (nSPS) is 13.0. The summed E-state index contributed by atoms with van der Waals surface area (Å²) in [5, 5.41) is 6.73. The Morgan fingerprint density at radius 3 is 1.34 bits per heavy atom. The molecule has 0 N–H and O–H groups in total. The van der Waals surface area contributed by atoms with Crippen LogP contribution in [-0.2, 0) is 0 Å². The summed E-state index contributed by atoms with van der Waals surface area (Å²) in [7, 11) is 1.76. The maximum absolute atomic E-state index is 7.05. The van der Waals surface area contributed by atoms with Crippen molar-refractivity contribution in [3.05, 3.63) is 132 Å². The molecule has 0 saturated heterocycles. The molecule has 0 aliphatic rings. The number of methoxy groups -OCH3 is 2. The number of benzene rings is 6. The quantitative estimate of drug-likeness (QED) is 0.182. The lowest BCUT2D eigenvalue weighted by Crippen LogP contribution is -2.27. The number of fused-ring (bicyclic) bond motifs is 7.